The topological polar surface area (TPSA) is 107 Å². The molecule has 0 atom stereocenters. The van der Waals surface area contributed by atoms with Crippen molar-refractivity contribution < 1.29 is 24.4 Å². The molecule has 3 aromatic rings. The fourth-order valence-electron chi connectivity index (χ4n) is 2.73. The van der Waals surface area contributed by atoms with Crippen molar-refractivity contribution in [2.45, 2.75) is 6.92 Å². The molecular formula is C22H17NO6. The predicted octanol–water partition coefficient (Wildman–Crippen LogP) is 4.32. The number of phenols is 1. The smallest absolute Gasteiger partial charge is 0.338 e. The minimum absolute atomic E-state index is 0.109. The van der Waals surface area contributed by atoms with Crippen LogP contribution in [0.1, 0.15) is 26.3 Å². The Morgan fingerprint density at radius 2 is 1.48 bits per heavy atom. The second-order valence-electron chi connectivity index (χ2n) is 6.38. The predicted molar refractivity (Wildman–Crippen MR) is 106 cm³/mol. The lowest BCUT2D eigenvalue weighted by Crippen LogP contribution is -2.14. The van der Waals surface area contributed by atoms with Crippen LogP contribution in [0.25, 0.3) is 11.1 Å². The highest BCUT2D eigenvalue weighted by Crippen LogP contribution is 2.23. The highest BCUT2D eigenvalue weighted by atomic mass is 16.6. The summed E-state index contributed by atoms with van der Waals surface area (Å²) in [5.41, 5.74) is 2.39. The van der Waals surface area contributed by atoms with Crippen LogP contribution in [-0.4, -0.2) is 28.4 Å². The third kappa shape index (κ3) is 4.65. The van der Waals surface area contributed by atoms with Gasteiger partial charge >= 0.3 is 5.97 Å². The third-order valence-electron chi connectivity index (χ3n) is 4.38. The molecule has 29 heavy (non-hydrogen) atoms. The fourth-order valence-corrected chi connectivity index (χ4v) is 2.73. The van der Waals surface area contributed by atoms with Crippen LogP contribution >= 0.6 is 0 Å². The first-order chi connectivity index (χ1) is 13.8. The van der Waals surface area contributed by atoms with E-state index in [2.05, 4.69) is 0 Å². The summed E-state index contributed by atoms with van der Waals surface area (Å²) in [5.74, 6) is -1.03. The molecule has 0 heterocycles. The molecule has 0 fully saturated rings. The van der Waals surface area contributed by atoms with E-state index in [1.165, 1.54) is 18.2 Å². The number of hydrogen-bond acceptors (Lipinski definition) is 6. The summed E-state index contributed by atoms with van der Waals surface area (Å²) in [6, 6.07) is 17.4. The van der Waals surface area contributed by atoms with Gasteiger partial charge in [-0.15, -0.1) is 0 Å². The Kier molecular flexibility index (Phi) is 5.69. The summed E-state index contributed by atoms with van der Waals surface area (Å²) in [5, 5.41) is 20.3. The summed E-state index contributed by atoms with van der Waals surface area (Å²) in [4.78, 5) is 34.8. The first-order valence-electron chi connectivity index (χ1n) is 8.70. The maximum Gasteiger partial charge on any atom is 0.338 e. The lowest BCUT2D eigenvalue weighted by molar-refractivity contribution is -0.385. The summed E-state index contributed by atoms with van der Waals surface area (Å²) < 4.78 is 5.04. The highest BCUT2D eigenvalue weighted by Gasteiger charge is 2.17. The maximum absolute atomic E-state index is 12.2. The largest absolute Gasteiger partial charge is 0.508 e. The van der Waals surface area contributed by atoms with Gasteiger partial charge in [-0.25, -0.2) is 4.79 Å². The summed E-state index contributed by atoms with van der Waals surface area (Å²) in [6.07, 6.45) is 0. The molecule has 0 spiro atoms. The van der Waals surface area contributed by atoms with Gasteiger partial charge in [0, 0.05) is 17.2 Å². The molecule has 1 N–H and O–H groups in total. The van der Waals surface area contributed by atoms with Crippen molar-refractivity contribution in [2.24, 2.45) is 0 Å². The van der Waals surface area contributed by atoms with Crippen LogP contribution in [0, 0.1) is 17.0 Å². The molecule has 7 nitrogen and oxygen atoms in total. The molecule has 0 amide bonds. The first kappa shape index (κ1) is 19.8. The number of aromatic hydroxyl groups is 1. The number of esters is 1. The Bertz CT molecular complexity index is 1070. The summed E-state index contributed by atoms with van der Waals surface area (Å²) >= 11 is 0. The van der Waals surface area contributed by atoms with Gasteiger partial charge in [-0.1, -0.05) is 36.4 Å². The van der Waals surface area contributed by atoms with Gasteiger partial charge in [0.05, 0.1) is 10.5 Å². The van der Waals surface area contributed by atoms with Crippen LogP contribution in [0.4, 0.5) is 5.69 Å². The number of ketones is 1. The molecule has 0 aliphatic rings. The number of nitro groups is 1. The van der Waals surface area contributed by atoms with E-state index < -0.39 is 23.3 Å². The zero-order valence-electron chi connectivity index (χ0n) is 15.5. The molecule has 3 aromatic carbocycles. The number of aryl methyl sites for hydroxylation is 1. The molecule has 0 aromatic heterocycles. The van der Waals surface area contributed by atoms with Crippen LogP contribution in [0.15, 0.2) is 66.7 Å². The number of Topliss-reactive ketones (excluding diaryl/α,β-unsaturated/α-hetero) is 1. The molecule has 0 saturated carbocycles. The number of nitro benzene ring substituents is 1. The lowest BCUT2D eigenvalue weighted by Gasteiger charge is -2.07. The van der Waals surface area contributed by atoms with Crippen molar-refractivity contribution in [2.75, 3.05) is 6.61 Å². The highest BCUT2D eigenvalue weighted by molar-refractivity contribution is 6.00. The van der Waals surface area contributed by atoms with E-state index in [1.807, 2.05) is 0 Å². The molecular weight excluding hydrogens is 374 g/mol. The lowest BCUT2D eigenvalue weighted by atomic mass is 10.0. The number of ether oxygens (including phenoxy) is 1. The summed E-state index contributed by atoms with van der Waals surface area (Å²) in [6.45, 7) is 1.06. The maximum atomic E-state index is 12.2. The quantitative estimate of drug-likeness (QED) is 0.290. The van der Waals surface area contributed by atoms with Crippen molar-refractivity contribution in [3.05, 3.63) is 93.5 Å². The van der Waals surface area contributed by atoms with Gasteiger partial charge in [0.15, 0.2) is 6.61 Å². The minimum atomic E-state index is -0.669. The van der Waals surface area contributed by atoms with Gasteiger partial charge in [0.2, 0.25) is 5.78 Å². The van der Waals surface area contributed by atoms with E-state index in [0.717, 1.165) is 11.1 Å². The molecule has 0 aliphatic heterocycles. The Hall–Kier alpha value is -4.00. The van der Waals surface area contributed by atoms with Gasteiger partial charge in [0.1, 0.15) is 5.75 Å². The van der Waals surface area contributed by atoms with Crippen LogP contribution in [0.5, 0.6) is 5.75 Å². The standard InChI is InChI=1S/C22H17NO6/c1-14-2-3-18(12-20(14)23(27)28)21(25)13-29-22(26)17-6-4-15(5-7-17)16-8-10-19(24)11-9-16/h2-12,24H,13H2,1H3. The number of carbonyl (C=O) groups excluding carboxylic acids is 2. The number of benzene rings is 3. The Morgan fingerprint density at radius 1 is 0.931 bits per heavy atom. The van der Waals surface area contributed by atoms with Crippen molar-refractivity contribution in [1.82, 2.24) is 0 Å². The van der Waals surface area contributed by atoms with E-state index in [9.17, 15) is 24.8 Å². The third-order valence-corrected chi connectivity index (χ3v) is 4.38. The van der Waals surface area contributed by atoms with Crippen LogP contribution < -0.4 is 0 Å². The van der Waals surface area contributed by atoms with Gasteiger partial charge in [-0.05, 0) is 42.3 Å². The Balaban J connectivity index is 1.64. The van der Waals surface area contributed by atoms with Crippen LogP contribution in [-0.2, 0) is 4.74 Å². The molecule has 0 saturated heterocycles. The second-order valence-corrected chi connectivity index (χ2v) is 6.38. The number of hydrogen-bond donors (Lipinski definition) is 1. The van der Waals surface area contributed by atoms with Crippen LogP contribution in [0.3, 0.4) is 0 Å². The first-order valence-corrected chi connectivity index (χ1v) is 8.70. The zero-order chi connectivity index (χ0) is 21.0. The van der Waals surface area contributed by atoms with Gasteiger partial charge in [-0.3, -0.25) is 14.9 Å². The van der Waals surface area contributed by atoms with Crippen molar-refractivity contribution in [3.63, 3.8) is 0 Å². The normalized spacial score (nSPS) is 10.4. The van der Waals surface area contributed by atoms with Crippen molar-refractivity contribution in [1.29, 1.82) is 0 Å². The number of carbonyl (C=O) groups is 2. The number of nitrogens with zero attached hydrogens (tertiary/aromatic N) is 1. The zero-order valence-corrected chi connectivity index (χ0v) is 15.5. The molecule has 0 unspecified atom stereocenters. The molecule has 0 radical (unpaired) electrons. The Labute approximate surface area is 166 Å². The van der Waals surface area contributed by atoms with Gasteiger partial charge in [-0.2, -0.15) is 0 Å². The molecule has 146 valence electrons. The van der Waals surface area contributed by atoms with E-state index >= 15 is 0 Å². The van der Waals surface area contributed by atoms with E-state index in [4.69, 9.17) is 4.74 Å². The van der Waals surface area contributed by atoms with E-state index in [1.54, 1.807) is 55.5 Å². The van der Waals surface area contributed by atoms with Gasteiger partial charge < -0.3 is 9.84 Å². The fraction of sp³-hybridized carbons (Fsp3) is 0.0909. The molecule has 3 rings (SSSR count). The van der Waals surface area contributed by atoms with Crippen LogP contribution in [0.2, 0.25) is 0 Å². The van der Waals surface area contributed by atoms with E-state index in [-0.39, 0.29) is 22.6 Å². The second kappa shape index (κ2) is 8.35. The van der Waals surface area contributed by atoms with Gasteiger partial charge in [0.25, 0.3) is 5.69 Å². The average molecular weight is 391 g/mol. The molecule has 7 heteroatoms. The monoisotopic (exact) mass is 391 g/mol. The number of rotatable bonds is 6. The average Bonchev–Trinajstić information content (AvgIpc) is 2.72. The van der Waals surface area contributed by atoms with E-state index in [0.29, 0.717) is 5.56 Å². The molecule has 0 bridgehead atoms. The molecule has 0 aliphatic carbocycles. The number of phenolic OH excluding ortho intramolecular Hbond substituents is 1. The summed E-state index contributed by atoms with van der Waals surface area (Å²) in [7, 11) is 0. The SMILES string of the molecule is Cc1ccc(C(=O)COC(=O)c2ccc(-c3ccc(O)cc3)cc2)cc1[N+](=O)[O-]. The van der Waals surface area contributed by atoms with Crippen molar-refractivity contribution in [3.8, 4) is 16.9 Å². The minimum Gasteiger partial charge on any atom is -0.508 e. The van der Waals surface area contributed by atoms with Crippen molar-refractivity contribution >= 4 is 17.4 Å². The Morgan fingerprint density at radius 3 is 2.07 bits per heavy atom.